The summed E-state index contributed by atoms with van der Waals surface area (Å²) in [4.78, 5) is 0. The third-order valence-corrected chi connectivity index (χ3v) is 2.77. The van der Waals surface area contributed by atoms with E-state index in [0.717, 1.165) is 11.3 Å². The molecule has 1 N–H and O–H groups in total. The Morgan fingerprint density at radius 3 is 2.25 bits per heavy atom. The fraction of sp³-hybridized carbons (Fsp3) is 0.571. The van der Waals surface area contributed by atoms with Crippen LogP contribution in [0.1, 0.15) is 56.4 Å². The van der Waals surface area contributed by atoms with Crippen molar-refractivity contribution in [3.63, 3.8) is 0 Å². The second-order valence-electron chi connectivity index (χ2n) is 4.51. The van der Waals surface area contributed by atoms with Crippen molar-refractivity contribution in [2.75, 3.05) is 6.61 Å². The van der Waals surface area contributed by atoms with E-state index in [2.05, 4.69) is 26.8 Å². The molecule has 0 fully saturated rings. The first-order valence-corrected chi connectivity index (χ1v) is 5.92. The van der Waals surface area contributed by atoms with Crippen molar-refractivity contribution in [2.24, 2.45) is 0 Å². The standard InChI is InChI=1S/C14H22O2/c1-6-16-14-8-12(9(2)3)10(4)7-13(14)11(5)15/h7-9,11,15H,6H2,1-5H3. The van der Waals surface area contributed by atoms with Gasteiger partial charge in [0.1, 0.15) is 5.75 Å². The Morgan fingerprint density at radius 1 is 1.19 bits per heavy atom. The topological polar surface area (TPSA) is 29.5 Å². The molecule has 1 aromatic rings. The van der Waals surface area contributed by atoms with Crippen molar-refractivity contribution in [2.45, 2.75) is 46.6 Å². The molecule has 16 heavy (non-hydrogen) atoms. The smallest absolute Gasteiger partial charge is 0.125 e. The van der Waals surface area contributed by atoms with Gasteiger partial charge in [0.05, 0.1) is 12.7 Å². The summed E-state index contributed by atoms with van der Waals surface area (Å²) in [5.74, 6) is 1.29. The molecule has 0 aliphatic rings. The molecule has 0 bridgehead atoms. The van der Waals surface area contributed by atoms with E-state index in [-0.39, 0.29) is 0 Å². The zero-order chi connectivity index (χ0) is 12.3. The average molecular weight is 222 g/mol. The molecule has 1 atom stereocenters. The van der Waals surface area contributed by atoms with Crippen LogP contribution in [0.2, 0.25) is 0 Å². The highest BCUT2D eigenvalue weighted by atomic mass is 16.5. The summed E-state index contributed by atoms with van der Waals surface area (Å²) in [5, 5.41) is 9.71. The lowest BCUT2D eigenvalue weighted by molar-refractivity contribution is 0.192. The van der Waals surface area contributed by atoms with Crippen LogP contribution in [0.15, 0.2) is 12.1 Å². The molecule has 0 aliphatic heterocycles. The van der Waals surface area contributed by atoms with Gasteiger partial charge in [-0.25, -0.2) is 0 Å². The average Bonchev–Trinajstić information content (AvgIpc) is 2.19. The van der Waals surface area contributed by atoms with Crippen molar-refractivity contribution in [3.05, 3.63) is 28.8 Å². The van der Waals surface area contributed by atoms with Gasteiger partial charge in [-0.2, -0.15) is 0 Å². The minimum Gasteiger partial charge on any atom is -0.493 e. The molecule has 0 spiro atoms. The fourth-order valence-electron chi connectivity index (χ4n) is 1.96. The van der Waals surface area contributed by atoms with Crippen LogP contribution in [-0.4, -0.2) is 11.7 Å². The van der Waals surface area contributed by atoms with E-state index in [4.69, 9.17) is 4.74 Å². The van der Waals surface area contributed by atoms with Gasteiger partial charge in [-0.05, 0) is 49.9 Å². The van der Waals surface area contributed by atoms with Crippen molar-refractivity contribution in [1.82, 2.24) is 0 Å². The van der Waals surface area contributed by atoms with Crippen molar-refractivity contribution in [3.8, 4) is 5.75 Å². The Labute approximate surface area is 98.3 Å². The lowest BCUT2D eigenvalue weighted by atomic mass is 9.94. The van der Waals surface area contributed by atoms with E-state index in [1.54, 1.807) is 6.92 Å². The fourth-order valence-corrected chi connectivity index (χ4v) is 1.96. The number of benzene rings is 1. The van der Waals surface area contributed by atoms with E-state index < -0.39 is 6.10 Å². The quantitative estimate of drug-likeness (QED) is 0.844. The number of ether oxygens (including phenoxy) is 1. The molecule has 2 nitrogen and oxygen atoms in total. The molecule has 0 aromatic heterocycles. The highest BCUT2D eigenvalue weighted by molar-refractivity contribution is 5.44. The highest BCUT2D eigenvalue weighted by Gasteiger charge is 2.13. The second kappa shape index (κ2) is 5.35. The molecule has 90 valence electrons. The first kappa shape index (κ1) is 13.0. The maximum atomic E-state index is 9.71. The molecule has 0 heterocycles. The van der Waals surface area contributed by atoms with Gasteiger partial charge in [0.15, 0.2) is 0 Å². The van der Waals surface area contributed by atoms with E-state index in [9.17, 15) is 5.11 Å². The molecule has 1 rings (SSSR count). The van der Waals surface area contributed by atoms with Crippen molar-refractivity contribution >= 4 is 0 Å². The Hall–Kier alpha value is -1.02. The first-order valence-electron chi connectivity index (χ1n) is 5.92. The summed E-state index contributed by atoms with van der Waals surface area (Å²) < 4.78 is 5.58. The minimum atomic E-state index is -0.485. The lowest BCUT2D eigenvalue weighted by Crippen LogP contribution is -2.03. The number of rotatable bonds is 4. The van der Waals surface area contributed by atoms with Crippen LogP contribution >= 0.6 is 0 Å². The molecule has 0 saturated heterocycles. The van der Waals surface area contributed by atoms with Crippen molar-refractivity contribution < 1.29 is 9.84 Å². The summed E-state index contributed by atoms with van der Waals surface area (Å²) >= 11 is 0. The third-order valence-electron chi connectivity index (χ3n) is 2.77. The zero-order valence-electron chi connectivity index (χ0n) is 10.9. The molecule has 2 heteroatoms. The molecule has 1 unspecified atom stereocenters. The van der Waals surface area contributed by atoms with Crippen LogP contribution in [0, 0.1) is 6.92 Å². The van der Waals surface area contributed by atoms with Gasteiger partial charge in [-0.3, -0.25) is 0 Å². The maximum Gasteiger partial charge on any atom is 0.125 e. The maximum absolute atomic E-state index is 9.71. The van der Waals surface area contributed by atoms with Crippen molar-refractivity contribution in [1.29, 1.82) is 0 Å². The number of aliphatic hydroxyl groups is 1. The summed E-state index contributed by atoms with van der Waals surface area (Å²) in [6.45, 7) is 10.8. The molecule has 0 aliphatic carbocycles. The van der Waals surface area contributed by atoms with E-state index in [1.165, 1.54) is 11.1 Å². The lowest BCUT2D eigenvalue weighted by Gasteiger charge is -2.18. The number of aryl methyl sites for hydroxylation is 1. The van der Waals surface area contributed by atoms with Gasteiger partial charge >= 0.3 is 0 Å². The summed E-state index contributed by atoms with van der Waals surface area (Å²) in [7, 11) is 0. The van der Waals surface area contributed by atoms with E-state index in [0.29, 0.717) is 12.5 Å². The second-order valence-corrected chi connectivity index (χ2v) is 4.51. The number of hydrogen-bond acceptors (Lipinski definition) is 2. The molecule has 0 amide bonds. The Balaban J connectivity index is 3.25. The SMILES string of the molecule is CCOc1cc(C(C)C)c(C)cc1C(C)O. The molecular weight excluding hydrogens is 200 g/mol. The monoisotopic (exact) mass is 222 g/mol. The molecule has 0 saturated carbocycles. The van der Waals surface area contributed by atoms with Crippen LogP contribution in [0.3, 0.4) is 0 Å². The number of hydrogen-bond donors (Lipinski definition) is 1. The van der Waals surface area contributed by atoms with Gasteiger partial charge in [-0.15, -0.1) is 0 Å². The molecular formula is C14H22O2. The Kier molecular flexibility index (Phi) is 4.36. The Bertz CT molecular complexity index is 354. The molecule has 0 radical (unpaired) electrons. The van der Waals surface area contributed by atoms with Crippen LogP contribution in [-0.2, 0) is 0 Å². The van der Waals surface area contributed by atoms with Gasteiger partial charge in [0, 0.05) is 5.56 Å². The first-order chi connectivity index (χ1) is 7.47. The summed E-state index contributed by atoms with van der Waals surface area (Å²) in [6, 6.07) is 4.09. The normalized spacial score (nSPS) is 12.9. The number of aliphatic hydroxyl groups excluding tert-OH is 1. The predicted molar refractivity (Wildman–Crippen MR) is 67.1 cm³/mol. The molecule has 1 aromatic carbocycles. The zero-order valence-corrected chi connectivity index (χ0v) is 10.9. The van der Waals surface area contributed by atoms with Gasteiger partial charge in [0.25, 0.3) is 0 Å². The van der Waals surface area contributed by atoms with Gasteiger partial charge in [-0.1, -0.05) is 13.8 Å². The van der Waals surface area contributed by atoms with E-state index in [1.807, 2.05) is 13.0 Å². The van der Waals surface area contributed by atoms with Gasteiger partial charge in [0.2, 0.25) is 0 Å². The highest BCUT2D eigenvalue weighted by Crippen LogP contribution is 2.31. The summed E-state index contributed by atoms with van der Waals surface area (Å²) in [5.41, 5.74) is 3.38. The van der Waals surface area contributed by atoms with E-state index >= 15 is 0 Å². The minimum absolute atomic E-state index is 0.474. The third kappa shape index (κ3) is 2.76. The van der Waals surface area contributed by atoms with Crippen LogP contribution < -0.4 is 4.74 Å². The largest absolute Gasteiger partial charge is 0.493 e. The Morgan fingerprint density at radius 2 is 1.81 bits per heavy atom. The van der Waals surface area contributed by atoms with Crippen LogP contribution in [0.5, 0.6) is 5.75 Å². The predicted octanol–water partition coefficient (Wildman–Crippen LogP) is 3.57. The van der Waals surface area contributed by atoms with Crippen LogP contribution in [0.25, 0.3) is 0 Å². The summed E-state index contributed by atoms with van der Waals surface area (Å²) in [6.07, 6.45) is -0.485. The van der Waals surface area contributed by atoms with Crippen LogP contribution in [0.4, 0.5) is 0 Å². The van der Waals surface area contributed by atoms with Gasteiger partial charge < -0.3 is 9.84 Å².